The molecule has 3 heterocycles. The summed E-state index contributed by atoms with van der Waals surface area (Å²) in [6.45, 7) is 5.24. The molecule has 7 aromatic carbocycles. The van der Waals surface area contributed by atoms with Crippen LogP contribution in [0.5, 0.6) is 0 Å². The third kappa shape index (κ3) is 5.56. The Morgan fingerprint density at radius 2 is 1.22 bits per heavy atom. The SMILES string of the molecule is C=C1/C=C\C=C/CN(c2ccccc2)c2ccc(-c3ccc(-c4ccc5c(c4)c4ccccc4n5-c4ccccc4-c4nc5ccccc5s4)cc3)cc21. The zero-order valence-electron chi connectivity index (χ0n) is 29.6. The average Bonchev–Trinajstić information content (AvgIpc) is 3.83. The molecule has 0 saturated heterocycles. The summed E-state index contributed by atoms with van der Waals surface area (Å²) < 4.78 is 3.60. The fourth-order valence-corrected chi connectivity index (χ4v) is 8.77. The van der Waals surface area contributed by atoms with Crippen molar-refractivity contribution in [2.75, 3.05) is 11.4 Å². The molecule has 0 unspecified atom stereocenters. The van der Waals surface area contributed by atoms with Gasteiger partial charge in [0.15, 0.2) is 0 Å². The van der Waals surface area contributed by atoms with Crippen molar-refractivity contribution < 1.29 is 0 Å². The van der Waals surface area contributed by atoms with Crippen molar-refractivity contribution in [1.29, 1.82) is 0 Å². The minimum Gasteiger partial charge on any atom is -0.337 e. The highest BCUT2D eigenvalue weighted by atomic mass is 32.1. The lowest BCUT2D eigenvalue weighted by atomic mass is 9.95. The lowest BCUT2D eigenvalue weighted by Gasteiger charge is -2.27. The van der Waals surface area contributed by atoms with Crippen LogP contribution in [0.2, 0.25) is 0 Å². The molecular weight excluding hydrogens is 675 g/mol. The number of allylic oxidation sites excluding steroid dienone is 4. The molecular formula is C50H35N3S. The predicted molar refractivity (Wildman–Crippen MR) is 231 cm³/mol. The van der Waals surface area contributed by atoms with Crippen LogP contribution in [0.15, 0.2) is 195 Å². The molecule has 10 rings (SSSR count). The van der Waals surface area contributed by atoms with Crippen molar-refractivity contribution in [2.45, 2.75) is 0 Å². The van der Waals surface area contributed by atoms with Crippen LogP contribution in [-0.2, 0) is 0 Å². The summed E-state index contributed by atoms with van der Waals surface area (Å²) in [4.78, 5) is 7.39. The van der Waals surface area contributed by atoms with Crippen molar-refractivity contribution in [3.8, 4) is 38.5 Å². The van der Waals surface area contributed by atoms with Crippen LogP contribution in [0.3, 0.4) is 0 Å². The number of fused-ring (bicyclic) bond motifs is 5. The fraction of sp³-hybridized carbons (Fsp3) is 0.0200. The number of thiazole rings is 1. The Balaban J connectivity index is 1.03. The van der Waals surface area contributed by atoms with Gasteiger partial charge < -0.3 is 9.47 Å². The molecule has 0 spiro atoms. The Morgan fingerprint density at radius 1 is 0.537 bits per heavy atom. The molecule has 0 aliphatic carbocycles. The van der Waals surface area contributed by atoms with Crippen LogP contribution in [0, 0.1) is 0 Å². The number of benzene rings is 7. The maximum Gasteiger partial charge on any atom is 0.126 e. The molecule has 0 N–H and O–H groups in total. The van der Waals surface area contributed by atoms with Crippen LogP contribution in [0.25, 0.3) is 76.1 Å². The molecule has 4 heteroatoms. The molecule has 0 bridgehead atoms. The maximum atomic E-state index is 5.04. The van der Waals surface area contributed by atoms with Gasteiger partial charge in [-0.25, -0.2) is 4.98 Å². The summed E-state index contributed by atoms with van der Waals surface area (Å²) in [5.41, 5.74) is 14.8. The van der Waals surface area contributed by atoms with Crippen molar-refractivity contribution in [1.82, 2.24) is 9.55 Å². The number of anilines is 2. The number of hydrogen-bond donors (Lipinski definition) is 0. The van der Waals surface area contributed by atoms with E-state index in [1.807, 2.05) is 0 Å². The highest BCUT2D eigenvalue weighted by Gasteiger charge is 2.19. The van der Waals surface area contributed by atoms with E-state index in [1.54, 1.807) is 11.3 Å². The molecule has 0 saturated carbocycles. The number of aromatic nitrogens is 2. The van der Waals surface area contributed by atoms with Gasteiger partial charge in [0.2, 0.25) is 0 Å². The van der Waals surface area contributed by atoms with Crippen LogP contribution in [-0.4, -0.2) is 16.1 Å². The predicted octanol–water partition coefficient (Wildman–Crippen LogP) is 13.7. The van der Waals surface area contributed by atoms with E-state index in [9.17, 15) is 0 Å². The molecule has 0 radical (unpaired) electrons. The van der Waals surface area contributed by atoms with Gasteiger partial charge in [-0.2, -0.15) is 0 Å². The summed E-state index contributed by atoms with van der Waals surface area (Å²) in [6.07, 6.45) is 8.47. The number of hydrogen-bond acceptors (Lipinski definition) is 3. The minimum atomic E-state index is 0.779. The molecule has 256 valence electrons. The van der Waals surface area contributed by atoms with Crippen LogP contribution < -0.4 is 4.90 Å². The van der Waals surface area contributed by atoms with E-state index in [1.165, 1.54) is 48.8 Å². The summed E-state index contributed by atoms with van der Waals surface area (Å²) in [7, 11) is 0. The molecule has 3 nitrogen and oxygen atoms in total. The minimum absolute atomic E-state index is 0.779. The van der Waals surface area contributed by atoms with Crippen LogP contribution >= 0.6 is 11.3 Å². The molecule has 9 aromatic rings. The zero-order valence-corrected chi connectivity index (χ0v) is 30.4. The van der Waals surface area contributed by atoms with Crippen LogP contribution in [0.1, 0.15) is 5.56 Å². The van der Waals surface area contributed by atoms with E-state index >= 15 is 0 Å². The second kappa shape index (κ2) is 13.3. The van der Waals surface area contributed by atoms with Gasteiger partial charge in [-0.1, -0.05) is 128 Å². The van der Waals surface area contributed by atoms with Crippen LogP contribution in [0.4, 0.5) is 11.4 Å². The quantitative estimate of drug-likeness (QED) is 0.177. The molecule has 0 amide bonds. The lowest BCUT2D eigenvalue weighted by Crippen LogP contribution is -2.18. The molecule has 2 aromatic heterocycles. The Kier molecular flexibility index (Phi) is 7.89. The Bertz CT molecular complexity index is 2890. The van der Waals surface area contributed by atoms with Crippen molar-refractivity contribution in [3.63, 3.8) is 0 Å². The number of para-hydroxylation sites is 4. The molecule has 0 fully saturated rings. The van der Waals surface area contributed by atoms with Gasteiger partial charge in [0.1, 0.15) is 5.01 Å². The van der Waals surface area contributed by atoms with E-state index in [0.717, 1.165) is 50.8 Å². The van der Waals surface area contributed by atoms with Gasteiger partial charge in [0, 0.05) is 39.8 Å². The summed E-state index contributed by atoms with van der Waals surface area (Å²) >= 11 is 1.74. The average molecular weight is 710 g/mol. The number of rotatable bonds is 5. The van der Waals surface area contributed by atoms with Gasteiger partial charge in [0.05, 0.1) is 26.9 Å². The van der Waals surface area contributed by atoms with E-state index < -0.39 is 0 Å². The van der Waals surface area contributed by atoms with Gasteiger partial charge in [-0.15, -0.1) is 11.3 Å². The maximum absolute atomic E-state index is 5.04. The van der Waals surface area contributed by atoms with Crippen molar-refractivity contribution in [2.24, 2.45) is 0 Å². The van der Waals surface area contributed by atoms with E-state index in [4.69, 9.17) is 4.98 Å². The smallest absolute Gasteiger partial charge is 0.126 e. The molecule has 1 aliphatic heterocycles. The first-order valence-corrected chi connectivity index (χ1v) is 19.1. The Hall–Kier alpha value is -6.75. The first-order valence-electron chi connectivity index (χ1n) is 18.3. The zero-order chi connectivity index (χ0) is 36.0. The van der Waals surface area contributed by atoms with Crippen molar-refractivity contribution in [3.05, 3.63) is 200 Å². The van der Waals surface area contributed by atoms with Gasteiger partial charge in [-0.05, 0) is 94.6 Å². The summed E-state index contributed by atoms with van der Waals surface area (Å²) in [6, 6.07) is 58.9. The topological polar surface area (TPSA) is 21.1 Å². The highest BCUT2D eigenvalue weighted by Crippen LogP contribution is 2.41. The monoisotopic (exact) mass is 709 g/mol. The summed E-state index contributed by atoms with van der Waals surface area (Å²) in [5.74, 6) is 0. The van der Waals surface area contributed by atoms with Gasteiger partial charge >= 0.3 is 0 Å². The van der Waals surface area contributed by atoms with E-state index in [2.05, 4.69) is 204 Å². The van der Waals surface area contributed by atoms with Gasteiger partial charge in [0.25, 0.3) is 0 Å². The largest absolute Gasteiger partial charge is 0.337 e. The highest BCUT2D eigenvalue weighted by molar-refractivity contribution is 7.21. The standard InChI is InChI=1S/C50H35N3S/c1-34-14-4-3-13-31-52(39-15-5-2-6-16-39)45-29-27-37(32-42(34)45)35-23-25-36(26-24-35)38-28-30-48-43(33-38)40-17-7-10-20-46(40)53(48)47-21-11-8-18-41(47)50-51-44-19-9-12-22-49(44)54-50/h2-30,32-33H,1,31H2/b13-3-,14-4-. The Morgan fingerprint density at radius 3 is 2.07 bits per heavy atom. The fourth-order valence-electron chi connectivity index (χ4n) is 7.77. The Labute approximate surface area is 318 Å². The first-order chi connectivity index (χ1) is 26.7. The summed E-state index contributed by atoms with van der Waals surface area (Å²) in [5, 5.41) is 3.49. The second-order valence-electron chi connectivity index (χ2n) is 13.7. The lowest BCUT2D eigenvalue weighted by molar-refractivity contribution is 1.09. The second-order valence-corrected chi connectivity index (χ2v) is 14.7. The molecule has 1 aliphatic rings. The molecule has 0 atom stereocenters. The normalized spacial score (nSPS) is 14.1. The van der Waals surface area contributed by atoms with E-state index in [0.29, 0.717) is 0 Å². The number of nitrogens with zero attached hydrogens (tertiary/aromatic N) is 3. The van der Waals surface area contributed by atoms with Crippen molar-refractivity contribution >= 4 is 60.3 Å². The first kappa shape index (κ1) is 31.9. The van der Waals surface area contributed by atoms with Gasteiger partial charge in [-0.3, -0.25) is 0 Å². The third-order valence-corrected chi connectivity index (χ3v) is 11.5. The third-order valence-electron chi connectivity index (χ3n) is 10.4. The molecule has 54 heavy (non-hydrogen) atoms. The van der Waals surface area contributed by atoms with E-state index in [-0.39, 0.29) is 0 Å².